The van der Waals surface area contributed by atoms with Crippen LogP contribution in [0.2, 0.25) is 0 Å². The number of carbonyl (C=O) groups excluding carboxylic acids is 4. The molecule has 3 heterocycles. The Morgan fingerprint density at radius 1 is 1.15 bits per heavy atom. The molecule has 4 amide bonds. The lowest BCUT2D eigenvalue weighted by Gasteiger charge is -2.54. The van der Waals surface area contributed by atoms with Crippen molar-refractivity contribution in [1.82, 2.24) is 9.80 Å². The van der Waals surface area contributed by atoms with Crippen molar-refractivity contribution in [2.24, 2.45) is 5.41 Å². The molecule has 26 heavy (non-hydrogen) atoms. The smallest absolute Gasteiger partial charge is 0.332 e. The maximum atomic E-state index is 13.2. The van der Waals surface area contributed by atoms with Gasteiger partial charge in [0.15, 0.2) is 5.41 Å². The Labute approximate surface area is 150 Å². The maximum Gasteiger partial charge on any atom is 0.332 e. The molecule has 1 aromatic rings. The van der Waals surface area contributed by atoms with Crippen molar-refractivity contribution >= 4 is 29.8 Å². The van der Waals surface area contributed by atoms with Gasteiger partial charge in [-0.3, -0.25) is 24.2 Å². The molecule has 8 nitrogen and oxygen atoms in total. The number of imide groups is 2. The first-order valence-electron chi connectivity index (χ1n) is 8.44. The molecule has 1 atom stereocenters. The summed E-state index contributed by atoms with van der Waals surface area (Å²) in [7, 11) is 2.78. The number of ether oxygens (including phenoxy) is 1. The second kappa shape index (κ2) is 5.63. The Hall–Kier alpha value is -2.74. The van der Waals surface area contributed by atoms with Crippen LogP contribution in [-0.4, -0.2) is 73.8 Å². The molecule has 0 aliphatic carbocycles. The summed E-state index contributed by atoms with van der Waals surface area (Å²) in [5.41, 5.74) is 0.703. The van der Waals surface area contributed by atoms with Gasteiger partial charge >= 0.3 is 6.03 Å². The summed E-state index contributed by atoms with van der Waals surface area (Å²) in [5.74, 6) is -1.04. The van der Waals surface area contributed by atoms with Crippen LogP contribution in [0.25, 0.3) is 0 Å². The van der Waals surface area contributed by atoms with Gasteiger partial charge < -0.3 is 9.64 Å². The fraction of sp³-hybridized carbons (Fsp3) is 0.444. The van der Waals surface area contributed by atoms with Crippen molar-refractivity contribution in [3.8, 4) is 0 Å². The zero-order valence-corrected chi connectivity index (χ0v) is 14.6. The number of carbonyl (C=O) groups is 4. The third-order valence-electron chi connectivity index (χ3n) is 5.66. The molecule has 3 aliphatic heterocycles. The number of morpholine rings is 1. The van der Waals surface area contributed by atoms with Crippen LogP contribution in [0.5, 0.6) is 0 Å². The Balaban J connectivity index is 1.92. The van der Waals surface area contributed by atoms with Gasteiger partial charge in [0, 0.05) is 31.9 Å². The van der Waals surface area contributed by atoms with E-state index in [1.165, 1.54) is 14.1 Å². The topological polar surface area (TPSA) is 87.2 Å². The van der Waals surface area contributed by atoms with E-state index >= 15 is 0 Å². The number of hydrogen-bond acceptors (Lipinski definition) is 6. The van der Waals surface area contributed by atoms with E-state index in [-0.39, 0.29) is 13.0 Å². The fourth-order valence-corrected chi connectivity index (χ4v) is 4.34. The van der Waals surface area contributed by atoms with Gasteiger partial charge in [-0.1, -0.05) is 0 Å². The monoisotopic (exact) mass is 357 g/mol. The molecule has 2 saturated heterocycles. The minimum atomic E-state index is -1.44. The van der Waals surface area contributed by atoms with Crippen molar-refractivity contribution in [3.05, 3.63) is 29.3 Å². The highest BCUT2D eigenvalue weighted by Gasteiger charge is 2.63. The summed E-state index contributed by atoms with van der Waals surface area (Å²) in [6, 6.07) is 4.15. The number of benzene rings is 1. The lowest BCUT2D eigenvalue weighted by atomic mass is 9.68. The van der Waals surface area contributed by atoms with Crippen LogP contribution in [0.4, 0.5) is 10.5 Å². The first-order chi connectivity index (χ1) is 12.4. The SMILES string of the molecule is CN1C(=O)N(C)C(=O)C2(Cc3cc(C=O)ccc3N3CCOC[C@H]32)C1=O. The van der Waals surface area contributed by atoms with Gasteiger partial charge in [-0.2, -0.15) is 0 Å². The Morgan fingerprint density at radius 3 is 2.50 bits per heavy atom. The average Bonchev–Trinajstić information content (AvgIpc) is 2.68. The van der Waals surface area contributed by atoms with Crippen LogP contribution < -0.4 is 4.90 Å². The second-order valence-corrected chi connectivity index (χ2v) is 6.95. The summed E-state index contributed by atoms with van der Waals surface area (Å²) in [6.07, 6.45) is 0.874. The van der Waals surface area contributed by atoms with Crippen molar-refractivity contribution < 1.29 is 23.9 Å². The van der Waals surface area contributed by atoms with Crippen LogP contribution in [0, 0.1) is 5.41 Å². The lowest BCUT2D eigenvalue weighted by Crippen LogP contribution is -2.73. The van der Waals surface area contributed by atoms with Gasteiger partial charge in [-0.25, -0.2) is 4.79 Å². The number of hydrogen-bond donors (Lipinski definition) is 0. The number of rotatable bonds is 1. The van der Waals surface area contributed by atoms with Gasteiger partial charge in [0.25, 0.3) is 0 Å². The lowest BCUT2D eigenvalue weighted by molar-refractivity contribution is -0.161. The molecule has 136 valence electrons. The number of barbiturate groups is 1. The van der Waals surface area contributed by atoms with E-state index in [1.807, 2.05) is 11.0 Å². The first kappa shape index (κ1) is 16.7. The van der Waals surface area contributed by atoms with Gasteiger partial charge in [0.05, 0.1) is 19.3 Å². The quantitative estimate of drug-likeness (QED) is 0.531. The predicted octanol–water partition coefficient (Wildman–Crippen LogP) is 0.297. The number of anilines is 1. The molecule has 0 saturated carbocycles. The number of fused-ring (bicyclic) bond motifs is 4. The Kier molecular flexibility index (Phi) is 3.62. The van der Waals surface area contributed by atoms with Crippen molar-refractivity contribution in [1.29, 1.82) is 0 Å². The van der Waals surface area contributed by atoms with Crippen molar-refractivity contribution in [2.75, 3.05) is 38.8 Å². The molecule has 0 unspecified atom stereocenters. The predicted molar refractivity (Wildman–Crippen MR) is 90.9 cm³/mol. The van der Waals surface area contributed by atoms with E-state index in [1.54, 1.807) is 12.1 Å². The van der Waals surface area contributed by atoms with Crippen molar-refractivity contribution in [3.63, 3.8) is 0 Å². The van der Waals surface area contributed by atoms with Crippen LogP contribution in [0.3, 0.4) is 0 Å². The van der Waals surface area contributed by atoms with Crippen LogP contribution >= 0.6 is 0 Å². The van der Waals surface area contributed by atoms with Gasteiger partial charge in [-0.05, 0) is 30.2 Å². The molecule has 2 fully saturated rings. The Bertz CT molecular complexity index is 812. The van der Waals surface area contributed by atoms with Crippen LogP contribution in [0.1, 0.15) is 15.9 Å². The zero-order chi connectivity index (χ0) is 18.6. The summed E-state index contributed by atoms with van der Waals surface area (Å²) >= 11 is 0. The average molecular weight is 357 g/mol. The third-order valence-corrected chi connectivity index (χ3v) is 5.66. The van der Waals surface area contributed by atoms with Crippen molar-refractivity contribution in [2.45, 2.75) is 12.5 Å². The highest BCUT2D eigenvalue weighted by atomic mass is 16.5. The van der Waals surface area contributed by atoms with E-state index in [2.05, 4.69) is 0 Å². The van der Waals surface area contributed by atoms with Crippen LogP contribution in [-0.2, 0) is 20.7 Å². The van der Waals surface area contributed by atoms with E-state index in [0.717, 1.165) is 27.3 Å². The molecule has 3 aliphatic rings. The van der Waals surface area contributed by atoms with E-state index in [0.29, 0.717) is 18.7 Å². The molecule has 1 spiro atoms. The van der Waals surface area contributed by atoms with Crippen LogP contribution in [0.15, 0.2) is 18.2 Å². The van der Waals surface area contributed by atoms with E-state index in [4.69, 9.17) is 4.74 Å². The number of amides is 4. The molecule has 0 N–H and O–H groups in total. The maximum absolute atomic E-state index is 13.2. The van der Waals surface area contributed by atoms with Gasteiger partial charge in [0.1, 0.15) is 6.29 Å². The number of aldehydes is 1. The third kappa shape index (κ3) is 1.99. The highest BCUT2D eigenvalue weighted by Crippen LogP contribution is 2.46. The van der Waals surface area contributed by atoms with E-state index < -0.39 is 29.3 Å². The molecule has 8 heteroatoms. The highest BCUT2D eigenvalue weighted by molar-refractivity contribution is 6.20. The minimum Gasteiger partial charge on any atom is -0.377 e. The molecule has 0 aromatic heterocycles. The standard InChI is InChI=1S/C18H19N3O5/c1-19-15(23)18(16(24)20(2)17(19)25)8-12-7-11(9-22)3-4-13(12)21-5-6-26-10-14(18)21/h3-4,7,9,14H,5-6,8,10H2,1-2H3/t14-/m0/s1. The van der Waals surface area contributed by atoms with E-state index in [9.17, 15) is 19.2 Å². The number of urea groups is 1. The summed E-state index contributed by atoms with van der Waals surface area (Å²) in [6.45, 7) is 1.23. The van der Waals surface area contributed by atoms with Gasteiger partial charge in [-0.15, -0.1) is 0 Å². The molecular weight excluding hydrogens is 338 g/mol. The summed E-state index contributed by atoms with van der Waals surface area (Å²) in [5, 5.41) is 0. The fourth-order valence-electron chi connectivity index (χ4n) is 4.34. The molecule has 4 rings (SSSR count). The summed E-state index contributed by atoms with van der Waals surface area (Å²) < 4.78 is 5.60. The van der Waals surface area contributed by atoms with Gasteiger partial charge in [0.2, 0.25) is 11.8 Å². The summed E-state index contributed by atoms with van der Waals surface area (Å²) in [4.78, 5) is 53.8. The normalized spacial score (nSPS) is 24.6. The Morgan fingerprint density at radius 2 is 1.85 bits per heavy atom. The zero-order valence-electron chi connectivity index (χ0n) is 14.6. The minimum absolute atomic E-state index is 0.133. The molecular formula is C18H19N3O5. The number of nitrogens with zero attached hydrogens (tertiary/aromatic N) is 3. The molecule has 1 aromatic carbocycles. The second-order valence-electron chi connectivity index (χ2n) is 6.95. The molecule has 0 bridgehead atoms. The largest absolute Gasteiger partial charge is 0.377 e. The molecule has 0 radical (unpaired) electrons. The first-order valence-corrected chi connectivity index (χ1v) is 8.44.